The molecule has 0 aliphatic heterocycles. The van der Waals surface area contributed by atoms with E-state index in [-0.39, 0.29) is 18.2 Å². The van der Waals surface area contributed by atoms with E-state index in [0.717, 1.165) is 15.6 Å². The van der Waals surface area contributed by atoms with Crippen molar-refractivity contribution in [1.82, 2.24) is 19.9 Å². The summed E-state index contributed by atoms with van der Waals surface area (Å²) in [7, 11) is 0. The highest BCUT2D eigenvalue weighted by atomic mass is 32.1. The van der Waals surface area contributed by atoms with E-state index < -0.39 is 11.6 Å². The summed E-state index contributed by atoms with van der Waals surface area (Å²) in [6.45, 7) is 2.10. The van der Waals surface area contributed by atoms with Gasteiger partial charge in [0, 0.05) is 18.0 Å². The molecule has 0 atom stereocenters. The molecule has 3 aromatic heterocycles. The van der Waals surface area contributed by atoms with Crippen molar-refractivity contribution >= 4 is 11.3 Å². The number of aromatic hydroxyl groups is 1. The Bertz CT molecular complexity index is 1230. The summed E-state index contributed by atoms with van der Waals surface area (Å²) in [4.78, 5) is 18.0. The summed E-state index contributed by atoms with van der Waals surface area (Å²) in [6.07, 6.45) is 3.19. The second kappa shape index (κ2) is 8.23. The van der Waals surface area contributed by atoms with Gasteiger partial charge < -0.3 is 9.84 Å². The molecule has 0 amide bonds. The van der Waals surface area contributed by atoms with Crippen LogP contribution in [0, 0.1) is 24.1 Å². The van der Waals surface area contributed by atoms with Crippen LogP contribution in [-0.4, -0.2) is 25.0 Å². The number of halogens is 1. The van der Waals surface area contributed by atoms with Crippen molar-refractivity contribution in [3.8, 4) is 39.7 Å². The van der Waals surface area contributed by atoms with Crippen molar-refractivity contribution < 1.29 is 14.2 Å². The first-order valence-corrected chi connectivity index (χ1v) is 9.63. The number of nitrogens with zero attached hydrogens (tertiary/aromatic N) is 5. The van der Waals surface area contributed by atoms with Gasteiger partial charge in [0.1, 0.15) is 34.8 Å². The first-order valence-electron chi connectivity index (χ1n) is 8.81. The van der Waals surface area contributed by atoms with Gasteiger partial charge in [0.25, 0.3) is 0 Å². The van der Waals surface area contributed by atoms with Crippen LogP contribution in [0.25, 0.3) is 21.8 Å². The van der Waals surface area contributed by atoms with Crippen LogP contribution in [0.2, 0.25) is 0 Å². The van der Waals surface area contributed by atoms with Crippen LogP contribution in [0.5, 0.6) is 11.8 Å². The van der Waals surface area contributed by atoms with Crippen LogP contribution in [-0.2, 0) is 6.61 Å². The number of aryl methyl sites for hydroxylation is 1. The zero-order chi connectivity index (χ0) is 21.1. The lowest BCUT2D eigenvalue weighted by molar-refractivity contribution is 0.280. The van der Waals surface area contributed by atoms with E-state index in [1.807, 2.05) is 13.0 Å². The molecule has 9 heteroatoms. The van der Waals surface area contributed by atoms with Crippen molar-refractivity contribution in [2.75, 3.05) is 0 Å². The maximum absolute atomic E-state index is 14.1. The van der Waals surface area contributed by atoms with E-state index in [4.69, 9.17) is 10.00 Å². The van der Waals surface area contributed by atoms with Crippen molar-refractivity contribution in [3.63, 3.8) is 0 Å². The number of ether oxygens (including phenoxy) is 1. The number of pyridine rings is 1. The molecule has 3 heterocycles. The number of phenolic OH excluding ortho intramolecular Hbond substituents is 1. The summed E-state index contributed by atoms with van der Waals surface area (Å²) < 4.78 is 19.6. The molecule has 30 heavy (non-hydrogen) atoms. The number of rotatable bonds is 5. The number of aromatic nitrogens is 4. The van der Waals surface area contributed by atoms with Crippen molar-refractivity contribution in [3.05, 3.63) is 70.9 Å². The summed E-state index contributed by atoms with van der Waals surface area (Å²) in [5.74, 6) is -1.22. The van der Waals surface area contributed by atoms with Gasteiger partial charge in [-0.25, -0.2) is 24.3 Å². The van der Waals surface area contributed by atoms with Gasteiger partial charge in [-0.15, -0.1) is 11.3 Å². The Morgan fingerprint density at radius 3 is 2.63 bits per heavy atom. The van der Waals surface area contributed by atoms with Crippen LogP contribution in [0.15, 0.2) is 48.8 Å². The first-order chi connectivity index (χ1) is 14.5. The molecule has 0 radical (unpaired) electrons. The molecule has 4 aromatic rings. The molecular formula is C21H14FN5O2S. The molecule has 0 aliphatic carbocycles. The lowest BCUT2D eigenvalue weighted by atomic mass is 10.1. The second-order valence-corrected chi connectivity index (χ2v) is 7.30. The van der Waals surface area contributed by atoms with Crippen LogP contribution >= 0.6 is 11.3 Å². The van der Waals surface area contributed by atoms with Crippen LogP contribution in [0.3, 0.4) is 0 Å². The highest BCUT2D eigenvalue weighted by Gasteiger charge is 2.15. The van der Waals surface area contributed by atoms with E-state index in [2.05, 4.69) is 19.9 Å². The number of hydrogen-bond donors (Lipinski definition) is 1. The zero-order valence-electron chi connectivity index (χ0n) is 15.7. The fraction of sp³-hybridized carbons (Fsp3) is 0.0952. The number of thiazole rings is 1. The summed E-state index contributed by atoms with van der Waals surface area (Å²) in [5, 5.41) is 19.6. The molecule has 0 saturated carbocycles. The van der Waals surface area contributed by atoms with Gasteiger partial charge >= 0.3 is 6.01 Å². The third-order valence-corrected chi connectivity index (χ3v) is 5.32. The van der Waals surface area contributed by atoms with E-state index >= 15 is 0 Å². The van der Waals surface area contributed by atoms with Crippen molar-refractivity contribution in [2.45, 2.75) is 13.5 Å². The highest BCUT2D eigenvalue weighted by molar-refractivity contribution is 7.15. The fourth-order valence-corrected chi connectivity index (χ4v) is 3.76. The maximum Gasteiger partial charge on any atom is 0.316 e. The van der Waals surface area contributed by atoms with Gasteiger partial charge in [-0.3, -0.25) is 0 Å². The normalized spacial score (nSPS) is 10.6. The Morgan fingerprint density at radius 2 is 1.90 bits per heavy atom. The van der Waals surface area contributed by atoms with Crippen molar-refractivity contribution in [2.24, 2.45) is 0 Å². The topological polar surface area (TPSA) is 105 Å². The average molecular weight is 419 g/mol. The SMILES string of the molecule is Cc1nc(COc2ncccn2)sc1-c1cccc(-c2cc(O)c(C#N)c(F)c2)n1. The van der Waals surface area contributed by atoms with Crippen LogP contribution in [0.4, 0.5) is 4.39 Å². The van der Waals surface area contributed by atoms with E-state index in [0.29, 0.717) is 17.0 Å². The largest absolute Gasteiger partial charge is 0.506 e. The van der Waals surface area contributed by atoms with Crippen LogP contribution < -0.4 is 4.74 Å². The van der Waals surface area contributed by atoms with E-state index in [1.165, 1.54) is 23.5 Å². The quantitative estimate of drug-likeness (QED) is 0.515. The Hall–Kier alpha value is -3.90. The van der Waals surface area contributed by atoms with Crippen LogP contribution in [0.1, 0.15) is 16.3 Å². The van der Waals surface area contributed by atoms with E-state index in [9.17, 15) is 9.50 Å². The smallest absolute Gasteiger partial charge is 0.316 e. The molecule has 148 valence electrons. The number of benzene rings is 1. The first kappa shape index (κ1) is 19.4. The van der Waals surface area contributed by atoms with Gasteiger partial charge in [0.15, 0.2) is 0 Å². The zero-order valence-corrected chi connectivity index (χ0v) is 16.5. The minimum absolute atomic E-state index is 0.226. The summed E-state index contributed by atoms with van der Waals surface area (Å²) >= 11 is 1.43. The predicted molar refractivity (Wildman–Crippen MR) is 108 cm³/mol. The molecule has 0 fully saturated rings. The number of hydrogen-bond acceptors (Lipinski definition) is 8. The molecular weight excluding hydrogens is 405 g/mol. The molecule has 1 N–H and O–H groups in total. The lowest BCUT2D eigenvalue weighted by Crippen LogP contribution is -1.98. The third-order valence-electron chi connectivity index (χ3n) is 4.17. The minimum Gasteiger partial charge on any atom is -0.506 e. The molecule has 1 aromatic carbocycles. The maximum atomic E-state index is 14.1. The minimum atomic E-state index is -0.795. The molecule has 0 aliphatic rings. The molecule has 7 nitrogen and oxygen atoms in total. The third kappa shape index (κ3) is 3.94. The van der Waals surface area contributed by atoms with Gasteiger partial charge in [-0.1, -0.05) is 6.07 Å². The Balaban J connectivity index is 1.62. The standard InChI is InChI=1S/C21H14FN5O2S/c1-12-20(30-19(26-12)11-29-21-24-6-3-7-25-21)17-5-2-4-16(27-17)13-8-15(22)14(10-23)18(28)9-13/h2-9,28H,11H2,1H3. The predicted octanol–water partition coefficient (Wildman–Crippen LogP) is 4.27. The fourth-order valence-electron chi connectivity index (χ4n) is 2.81. The summed E-state index contributed by atoms with van der Waals surface area (Å²) in [5.41, 5.74) is 1.90. The molecule has 4 rings (SSSR count). The Kier molecular flexibility index (Phi) is 5.32. The van der Waals surface area contributed by atoms with Crippen molar-refractivity contribution in [1.29, 1.82) is 5.26 Å². The second-order valence-electron chi connectivity index (χ2n) is 6.21. The molecule has 0 bridgehead atoms. The van der Waals surface area contributed by atoms with Gasteiger partial charge in [0.2, 0.25) is 0 Å². The average Bonchev–Trinajstić information content (AvgIpc) is 3.13. The highest BCUT2D eigenvalue weighted by Crippen LogP contribution is 2.32. The molecule has 0 spiro atoms. The summed E-state index contributed by atoms with van der Waals surface area (Å²) in [6, 6.07) is 11.5. The van der Waals surface area contributed by atoms with E-state index in [1.54, 1.807) is 36.7 Å². The Morgan fingerprint density at radius 1 is 1.13 bits per heavy atom. The van der Waals surface area contributed by atoms with Gasteiger partial charge in [-0.05, 0) is 37.3 Å². The Labute approximate surface area is 175 Å². The number of nitriles is 1. The monoisotopic (exact) mass is 419 g/mol. The molecule has 0 unspecified atom stereocenters. The molecule has 0 saturated heterocycles. The lowest BCUT2D eigenvalue weighted by Gasteiger charge is -2.06. The van der Waals surface area contributed by atoms with Gasteiger partial charge in [-0.2, -0.15) is 5.26 Å². The number of phenols is 1. The van der Waals surface area contributed by atoms with Gasteiger partial charge in [0.05, 0.1) is 22.0 Å².